The number of carbonyl (C=O) groups excluding carboxylic acids is 1. The summed E-state index contributed by atoms with van der Waals surface area (Å²) in [4.78, 5) is 27.0. The molecule has 1 aromatic carbocycles. The van der Waals surface area contributed by atoms with E-state index in [1.54, 1.807) is 24.4 Å². The molecule has 1 aromatic heterocycles. The molecular weight excluding hydrogens is 258 g/mol. The van der Waals surface area contributed by atoms with Gasteiger partial charge in [0.25, 0.3) is 0 Å². The number of benzene rings is 1. The number of pyridine rings is 1. The highest BCUT2D eigenvalue weighted by atomic mass is 16.4. The van der Waals surface area contributed by atoms with Gasteiger partial charge in [-0.15, -0.1) is 0 Å². The van der Waals surface area contributed by atoms with Crippen molar-refractivity contribution in [3.8, 4) is 0 Å². The summed E-state index contributed by atoms with van der Waals surface area (Å²) in [5.74, 6) is -1.11. The van der Waals surface area contributed by atoms with E-state index in [9.17, 15) is 9.59 Å². The number of nitrogens with zero attached hydrogens (tertiary/aromatic N) is 1. The SMILES string of the molecule is CC(C)(NC(=O)Nc1cccc2cccnc12)C(=O)O. The third-order valence-electron chi connectivity index (χ3n) is 2.84. The van der Waals surface area contributed by atoms with Crippen LogP contribution in [0.4, 0.5) is 10.5 Å². The molecule has 3 N–H and O–H groups in total. The first-order valence-corrected chi connectivity index (χ1v) is 6.06. The third-order valence-corrected chi connectivity index (χ3v) is 2.84. The van der Waals surface area contributed by atoms with Gasteiger partial charge >= 0.3 is 12.0 Å². The molecule has 0 aliphatic heterocycles. The molecule has 6 heteroatoms. The average molecular weight is 273 g/mol. The minimum Gasteiger partial charge on any atom is -0.480 e. The summed E-state index contributed by atoms with van der Waals surface area (Å²) in [7, 11) is 0. The lowest BCUT2D eigenvalue weighted by molar-refractivity contribution is -0.142. The zero-order chi connectivity index (χ0) is 14.8. The molecule has 0 unspecified atom stereocenters. The summed E-state index contributed by atoms with van der Waals surface area (Å²) in [6, 6.07) is 8.49. The summed E-state index contributed by atoms with van der Waals surface area (Å²) in [5, 5.41) is 14.9. The normalized spacial score (nSPS) is 11.1. The maximum atomic E-state index is 11.9. The number of anilines is 1. The largest absolute Gasteiger partial charge is 0.480 e. The van der Waals surface area contributed by atoms with Gasteiger partial charge in [-0.1, -0.05) is 18.2 Å². The topological polar surface area (TPSA) is 91.3 Å². The number of carbonyl (C=O) groups is 2. The van der Waals surface area contributed by atoms with E-state index in [0.29, 0.717) is 11.2 Å². The second-order valence-corrected chi connectivity index (χ2v) is 4.89. The Bertz CT molecular complexity index is 662. The second-order valence-electron chi connectivity index (χ2n) is 4.89. The van der Waals surface area contributed by atoms with Crippen LogP contribution in [0.2, 0.25) is 0 Å². The van der Waals surface area contributed by atoms with Crippen LogP contribution in [-0.2, 0) is 4.79 Å². The molecule has 6 nitrogen and oxygen atoms in total. The van der Waals surface area contributed by atoms with Crippen molar-refractivity contribution in [2.24, 2.45) is 0 Å². The Hall–Kier alpha value is -2.63. The highest BCUT2D eigenvalue weighted by Crippen LogP contribution is 2.20. The van der Waals surface area contributed by atoms with Crippen LogP contribution >= 0.6 is 0 Å². The van der Waals surface area contributed by atoms with Crippen molar-refractivity contribution in [3.05, 3.63) is 36.5 Å². The average Bonchev–Trinajstić information content (AvgIpc) is 2.38. The predicted octanol–water partition coefficient (Wildman–Crippen LogP) is 2.22. The standard InChI is InChI=1S/C14H15N3O3/c1-14(2,12(18)19)17-13(20)16-10-7-3-5-9-6-4-8-15-11(9)10/h3-8H,1-2H3,(H,18,19)(H2,16,17,20). The first-order chi connectivity index (χ1) is 9.40. The molecule has 0 bridgehead atoms. The Balaban J connectivity index is 2.21. The fourth-order valence-electron chi connectivity index (χ4n) is 1.70. The lowest BCUT2D eigenvalue weighted by Gasteiger charge is -2.21. The van der Waals surface area contributed by atoms with Gasteiger partial charge < -0.3 is 15.7 Å². The maximum absolute atomic E-state index is 11.9. The van der Waals surface area contributed by atoms with Crippen molar-refractivity contribution in [1.29, 1.82) is 0 Å². The lowest BCUT2D eigenvalue weighted by Crippen LogP contribution is -2.51. The Morgan fingerprint density at radius 2 is 1.90 bits per heavy atom. The van der Waals surface area contributed by atoms with Crippen LogP contribution in [0.25, 0.3) is 10.9 Å². The molecule has 0 radical (unpaired) electrons. The molecule has 0 saturated heterocycles. The van der Waals surface area contributed by atoms with Crippen LogP contribution in [0.3, 0.4) is 0 Å². The number of fused-ring (bicyclic) bond motifs is 1. The van der Waals surface area contributed by atoms with Crippen LogP contribution < -0.4 is 10.6 Å². The minimum absolute atomic E-state index is 0.529. The molecule has 0 aliphatic rings. The van der Waals surface area contributed by atoms with Gasteiger partial charge in [0.05, 0.1) is 11.2 Å². The van der Waals surface area contributed by atoms with E-state index in [4.69, 9.17) is 5.11 Å². The van der Waals surface area contributed by atoms with Crippen LogP contribution in [0, 0.1) is 0 Å². The third kappa shape index (κ3) is 2.85. The van der Waals surface area contributed by atoms with Crippen molar-refractivity contribution >= 4 is 28.6 Å². The van der Waals surface area contributed by atoms with Gasteiger partial charge in [0.15, 0.2) is 0 Å². The van der Waals surface area contributed by atoms with Crippen molar-refractivity contribution in [3.63, 3.8) is 0 Å². The molecule has 2 rings (SSSR count). The molecule has 1 heterocycles. The summed E-state index contributed by atoms with van der Waals surface area (Å²) < 4.78 is 0. The Morgan fingerprint density at radius 3 is 2.60 bits per heavy atom. The molecule has 0 aliphatic carbocycles. The molecule has 0 fully saturated rings. The first kappa shape index (κ1) is 13.8. The molecule has 20 heavy (non-hydrogen) atoms. The predicted molar refractivity (Wildman–Crippen MR) is 75.6 cm³/mol. The molecule has 0 atom stereocenters. The van der Waals surface area contributed by atoms with Gasteiger partial charge in [-0.05, 0) is 26.0 Å². The van der Waals surface area contributed by atoms with E-state index in [1.165, 1.54) is 13.8 Å². The summed E-state index contributed by atoms with van der Waals surface area (Å²) in [5.41, 5.74) is -0.165. The van der Waals surface area contributed by atoms with Gasteiger partial charge in [0.1, 0.15) is 5.54 Å². The Morgan fingerprint density at radius 1 is 1.20 bits per heavy atom. The zero-order valence-electron chi connectivity index (χ0n) is 11.2. The number of aliphatic carboxylic acids is 1. The van der Waals surface area contributed by atoms with Crippen LogP contribution in [0.1, 0.15) is 13.8 Å². The first-order valence-electron chi connectivity index (χ1n) is 6.06. The molecule has 2 amide bonds. The van der Waals surface area contributed by atoms with Crippen molar-refractivity contribution in [1.82, 2.24) is 10.3 Å². The van der Waals surface area contributed by atoms with Gasteiger partial charge in [-0.3, -0.25) is 4.98 Å². The van der Waals surface area contributed by atoms with Gasteiger partial charge in [0, 0.05) is 11.6 Å². The number of nitrogens with one attached hydrogen (secondary N) is 2. The van der Waals surface area contributed by atoms with Crippen LogP contribution in [0.5, 0.6) is 0 Å². The number of hydrogen-bond acceptors (Lipinski definition) is 3. The highest BCUT2D eigenvalue weighted by Gasteiger charge is 2.29. The number of carboxylic acids is 1. The van der Waals surface area contributed by atoms with E-state index in [1.807, 2.05) is 12.1 Å². The molecule has 104 valence electrons. The van der Waals surface area contributed by atoms with E-state index in [2.05, 4.69) is 15.6 Å². The van der Waals surface area contributed by atoms with Crippen molar-refractivity contribution in [2.75, 3.05) is 5.32 Å². The number of amides is 2. The number of hydrogen-bond donors (Lipinski definition) is 3. The van der Waals surface area contributed by atoms with Gasteiger partial charge in [-0.25, -0.2) is 9.59 Å². The molecule has 0 saturated carbocycles. The molecular formula is C14H15N3O3. The molecule has 0 spiro atoms. The Kier molecular flexibility index (Phi) is 3.56. The quantitative estimate of drug-likeness (QED) is 0.799. The smallest absolute Gasteiger partial charge is 0.328 e. The zero-order valence-corrected chi connectivity index (χ0v) is 11.2. The van der Waals surface area contributed by atoms with Crippen molar-refractivity contribution in [2.45, 2.75) is 19.4 Å². The lowest BCUT2D eigenvalue weighted by atomic mass is 10.1. The highest BCUT2D eigenvalue weighted by molar-refractivity contribution is 6.00. The van der Waals surface area contributed by atoms with Crippen LogP contribution in [-0.4, -0.2) is 27.6 Å². The van der Waals surface area contributed by atoms with Gasteiger partial charge in [0.2, 0.25) is 0 Å². The van der Waals surface area contributed by atoms with E-state index in [-0.39, 0.29) is 0 Å². The molecule has 2 aromatic rings. The fraction of sp³-hybridized carbons (Fsp3) is 0.214. The monoisotopic (exact) mass is 273 g/mol. The van der Waals surface area contributed by atoms with Crippen molar-refractivity contribution < 1.29 is 14.7 Å². The van der Waals surface area contributed by atoms with Gasteiger partial charge in [-0.2, -0.15) is 0 Å². The van der Waals surface area contributed by atoms with E-state index in [0.717, 1.165) is 5.39 Å². The number of carboxylic acid groups (broad SMARTS) is 1. The minimum atomic E-state index is -1.35. The maximum Gasteiger partial charge on any atom is 0.328 e. The summed E-state index contributed by atoms with van der Waals surface area (Å²) in [6.45, 7) is 2.83. The summed E-state index contributed by atoms with van der Waals surface area (Å²) in [6.07, 6.45) is 1.63. The number of urea groups is 1. The Labute approximate surface area is 115 Å². The summed E-state index contributed by atoms with van der Waals surface area (Å²) >= 11 is 0. The van der Waals surface area contributed by atoms with E-state index < -0.39 is 17.5 Å². The van der Waals surface area contributed by atoms with E-state index >= 15 is 0 Å². The van der Waals surface area contributed by atoms with Crippen LogP contribution in [0.15, 0.2) is 36.5 Å². The number of para-hydroxylation sites is 1. The number of aromatic nitrogens is 1. The second kappa shape index (κ2) is 5.16. The number of rotatable bonds is 3. The fourth-order valence-corrected chi connectivity index (χ4v) is 1.70.